The molecule has 1 aromatic heterocycles. The van der Waals surface area contributed by atoms with Gasteiger partial charge in [0.1, 0.15) is 5.00 Å². The lowest BCUT2D eigenvalue weighted by Gasteiger charge is -2.14. The molecule has 0 radical (unpaired) electrons. The predicted octanol–water partition coefficient (Wildman–Crippen LogP) is 4.55. The standard InChI is InChI=1S/C20H21ClN2O4S/c1-10-12(3)28-19(23-18(25)13-7-8-13)16(10)20(26)27-11(2)17(24)22-15-6-4-5-14(21)9-15/h4-6,9,11,13H,7-8H2,1-3H3,(H,22,24)(H,23,25)/t11-/m0/s1. The third kappa shape index (κ3) is 4.72. The molecule has 0 spiro atoms. The molecule has 28 heavy (non-hydrogen) atoms. The van der Waals surface area contributed by atoms with Gasteiger partial charge < -0.3 is 15.4 Å². The highest BCUT2D eigenvalue weighted by molar-refractivity contribution is 7.16. The number of nitrogens with one attached hydrogen (secondary N) is 2. The minimum Gasteiger partial charge on any atom is -0.449 e. The van der Waals surface area contributed by atoms with Crippen molar-refractivity contribution in [1.82, 2.24) is 0 Å². The van der Waals surface area contributed by atoms with Gasteiger partial charge in [-0.05, 0) is 57.4 Å². The van der Waals surface area contributed by atoms with Gasteiger partial charge in [-0.25, -0.2) is 4.79 Å². The van der Waals surface area contributed by atoms with Crippen LogP contribution < -0.4 is 10.6 Å². The average Bonchev–Trinajstić information content (AvgIpc) is 3.42. The Morgan fingerprint density at radius 2 is 1.93 bits per heavy atom. The summed E-state index contributed by atoms with van der Waals surface area (Å²) in [4.78, 5) is 38.1. The van der Waals surface area contributed by atoms with Gasteiger partial charge in [-0.1, -0.05) is 17.7 Å². The van der Waals surface area contributed by atoms with Gasteiger partial charge in [-0.2, -0.15) is 0 Å². The van der Waals surface area contributed by atoms with Gasteiger partial charge in [0, 0.05) is 21.5 Å². The van der Waals surface area contributed by atoms with Crippen LogP contribution in [0.2, 0.25) is 5.02 Å². The van der Waals surface area contributed by atoms with Crippen molar-refractivity contribution in [2.75, 3.05) is 10.6 Å². The number of hydrogen-bond donors (Lipinski definition) is 2. The van der Waals surface area contributed by atoms with Crippen LogP contribution in [0.1, 0.15) is 40.6 Å². The Labute approximate surface area is 172 Å². The van der Waals surface area contributed by atoms with E-state index in [1.807, 2.05) is 6.92 Å². The molecule has 2 amide bonds. The highest BCUT2D eigenvalue weighted by Crippen LogP contribution is 2.36. The number of amides is 2. The molecule has 1 aliphatic rings. The summed E-state index contributed by atoms with van der Waals surface area (Å²) in [5.74, 6) is -1.17. The summed E-state index contributed by atoms with van der Waals surface area (Å²) < 4.78 is 5.36. The highest BCUT2D eigenvalue weighted by atomic mass is 35.5. The van der Waals surface area contributed by atoms with E-state index in [1.165, 1.54) is 18.3 Å². The fourth-order valence-electron chi connectivity index (χ4n) is 2.60. The molecule has 0 bridgehead atoms. The summed E-state index contributed by atoms with van der Waals surface area (Å²) in [6, 6.07) is 6.70. The first-order valence-corrected chi connectivity index (χ1v) is 10.1. The number of carbonyl (C=O) groups excluding carboxylic acids is 3. The molecule has 6 nitrogen and oxygen atoms in total. The van der Waals surface area contributed by atoms with E-state index in [9.17, 15) is 14.4 Å². The predicted molar refractivity (Wildman–Crippen MR) is 110 cm³/mol. The third-order valence-corrected chi connectivity index (χ3v) is 5.88. The molecular formula is C20H21ClN2O4S. The molecule has 148 valence electrons. The lowest BCUT2D eigenvalue weighted by atomic mass is 10.1. The molecule has 0 saturated heterocycles. The first-order valence-electron chi connectivity index (χ1n) is 8.94. The van der Waals surface area contributed by atoms with Crippen molar-refractivity contribution >= 4 is 51.4 Å². The van der Waals surface area contributed by atoms with Crippen LogP contribution in [0.3, 0.4) is 0 Å². The zero-order valence-electron chi connectivity index (χ0n) is 15.8. The van der Waals surface area contributed by atoms with Crippen molar-refractivity contribution in [3.8, 4) is 0 Å². The Morgan fingerprint density at radius 3 is 2.57 bits per heavy atom. The maximum absolute atomic E-state index is 12.7. The topological polar surface area (TPSA) is 84.5 Å². The van der Waals surface area contributed by atoms with Gasteiger partial charge >= 0.3 is 5.97 Å². The molecule has 0 aliphatic heterocycles. The summed E-state index contributed by atoms with van der Waals surface area (Å²) in [5.41, 5.74) is 1.56. The first-order chi connectivity index (χ1) is 13.3. The second-order valence-electron chi connectivity index (χ2n) is 6.80. The van der Waals surface area contributed by atoms with E-state index in [-0.39, 0.29) is 11.8 Å². The summed E-state index contributed by atoms with van der Waals surface area (Å²) >= 11 is 7.24. The largest absolute Gasteiger partial charge is 0.449 e. The molecule has 0 unspecified atom stereocenters. The zero-order valence-corrected chi connectivity index (χ0v) is 17.4. The van der Waals surface area contributed by atoms with Crippen LogP contribution in [-0.2, 0) is 14.3 Å². The number of ether oxygens (including phenoxy) is 1. The Morgan fingerprint density at radius 1 is 1.21 bits per heavy atom. The third-order valence-electron chi connectivity index (χ3n) is 4.52. The van der Waals surface area contributed by atoms with E-state index in [0.29, 0.717) is 21.3 Å². The summed E-state index contributed by atoms with van der Waals surface area (Å²) in [6.45, 7) is 5.17. The minimum atomic E-state index is -1.02. The zero-order chi connectivity index (χ0) is 20.4. The van der Waals surface area contributed by atoms with Gasteiger partial charge in [0.15, 0.2) is 6.10 Å². The van der Waals surface area contributed by atoms with Crippen LogP contribution in [0, 0.1) is 19.8 Å². The maximum Gasteiger partial charge on any atom is 0.342 e. The Bertz CT molecular complexity index is 936. The van der Waals surface area contributed by atoms with Crippen LogP contribution in [-0.4, -0.2) is 23.9 Å². The van der Waals surface area contributed by atoms with E-state index in [4.69, 9.17) is 16.3 Å². The summed E-state index contributed by atoms with van der Waals surface area (Å²) in [5, 5.41) is 6.45. The van der Waals surface area contributed by atoms with Crippen molar-refractivity contribution in [2.24, 2.45) is 5.92 Å². The smallest absolute Gasteiger partial charge is 0.342 e. The van der Waals surface area contributed by atoms with Crippen molar-refractivity contribution in [2.45, 2.75) is 39.7 Å². The summed E-state index contributed by atoms with van der Waals surface area (Å²) in [7, 11) is 0. The first kappa shape index (κ1) is 20.4. The Hall–Kier alpha value is -2.38. The van der Waals surface area contributed by atoms with E-state index >= 15 is 0 Å². The van der Waals surface area contributed by atoms with E-state index in [2.05, 4.69) is 10.6 Å². The monoisotopic (exact) mass is 420 g/mol. The molecule has 1 aliphatic carbocycles. The van der Waals surface area contributed by atoms with Crippen LogP contribution in [0.15, 0.2) is 24.3 Å². The average molecular weight is 421 g/mol. The quantitative estimate of drug-likeness (QED) is 0.671. The van der Waals surface area contributed by atoms with Crippen LogP contribution >= 0.6 is 22.9 Å². The number of benzene rings is 1. The Balaban J connectivity index is 1.69. The van der Waals surface area contributed by atoms with Crippen molar-refractivity contribution in [1.29, 1.82) is 0 Å². The molecular weight excluding hydrogens is 400 g/mol. The number of aryl methyl sites for hydroxylation is 1. The molecule has 1 atom stereocenters. The second kappa shape index (κ2) is 8.32. The normalized spacial score (nSPS) is 14.3. The summed E-state index contributed by atoms with van der Waals surface area (Å²) in [6.07, 6.45) is 0.726. The van der Waals surface area contributed by atoms with Gasteiger partial charge in [0.05, 0.1) is 5.56 Å². The SMILES string of the molecule is Cc1sc(NC(=O)C2CC2)c(C(=O)O[C@@H](C)C(=O)Nc2cccc(Cl)c2)c1C. The number of hydrogen-bond acceptors (Lipinski definition) is 5. The number of anilines is 2. The van der Waals surface area contributed by atoms with E-state index < -0.39 is 18.0 Å². The Kier molecular flexibility index (Phi) is 6.05. The fourth-order valence-corrected chi connectivity index (χ4v) is 3.85. The molecule has 1 fully saturated rings. The molecule has 8 heteroatoms. The van der Waals surface area contributed by atoms with Gasteiger partial charge in [0.25, 0.3) is 5.91 Å². The van der Waals surface area contributed by atoms with E-state index in [0.717, 1.165) is 23.3 Å². The van der Waals surface area contributed by atoms with Crippen molar-refractivity contribution < 1.29 is 19.1 Å². The molecule has 1 heterocycles. The number of esters is 1. The number of halogens is 1. The van der Waals surface area contributed by atoms with Crippen molar-refractivity contribution in [3.05, 3.63) is 45.3 Å². The molecule has 1 aromatic carbocycles. The van der Waals surface area contributed by atoms with E-state index in [1.54, 1.807) is 31.2 Å². The van der Waals surface area contributed by atoms with Crippen LogP contribution in [0.4, 0.5) is 10.7 Å². The lowest BCUT2D eigenvalue weighted by Crippen LogP contribution is -2.30. The molecule has 3 rings (SSSR count). The fraction of sp³-hybridized carbons (Fsp3) is 0.350. The molecule has 2 aromatic rings. The lowest BCUT2D eigenvalue weighted by molar-refractivity contribution is -0.123. The minimum absolute atomic E-state index is 0.0222. The number of rotatable bonds is 6. The van der Waals surface area contributed by atoms with Gasteiger partial charge in [0.2, 0.25) is 5.91 Å². The second-order valence-corrected chi connectivity index (χ2v) is 8.46. The van der Waals surface area contributed by atoms with Crippen LogP contribution in [0.25, 0.3) is 0 Å². The maximum atomic E-state index is 12.7. The van der Waals surface area contributed by atoms with Crippen molar-refractivity contribution in [3.63, 3.8) is 0 Å². The number of thiophene rings is 1. The van der Waals surface area contributed by atoms with Gasteiger partial charge in [-0.15, -0.1) is 11.3 Å². The van der Waals surface area contributed by atoms with Crippen LogP contribution in [0.5, 0.6) is 0 Å². The van der Waals surface area contributed by atoms with Gasteiger partial charge in [-0.3, -0.25) is 9.59 Å². The highest BCUT2D eigenvalue weighted by Gasteiger charge is 2.32. The number of carbonyl (C=O) groups is 3. The molecule has 2 N–H and O–H groups in total. The molecule has 1 saturated carbocycles.